The Morgan fingerprint density at radius 2 is 2.14 bits per heavy atom. The summed E-state index contributed by atoms with van der Waals surface area (Å²) in [6.45, 7) is 1.83. The third-order valence-corrected chi connectivity index (χ3v) is 3.19. The van der Waals surface area contributed by atoms with Crippen LogP contribution in [-0.4, -0.2) is 57.1 Å². The molecule has 21 heavy (non-hydrogen) atoms. The van der Waals surface area contributed by atoms with Crippen LogP contribution >= 0.6 is 0 Å². The van der Waals surface area contributed by atoms with E-state index in [9.17, 15) is 9.59 Å². The Morgan fingerprint density at radius 3 is 2.90 bits per heavy atom. The third-order valence-electron chi connectivity index (χ3n) is 3.19. The number of amides is 1. The van der Waals surface area contributed by atoms with E-state index in [1.807, 2.05) is 26.2 Å². The molecule has 0 saturated heterocycles. The molecule has 0 unspecified atom stereocenters. The van der Waals surface area contributed by atoms with Gasteiger partial charge in [-0.25, -0.2) is 4.79 Å². The predicted molar refractivity (Wildman–Crippen MR) is 80.5 cm³/mol. The Morgan fingerprint density at radius 1 is 1.38 bits per heavy atom. The zero-order valence-corrected chi connectivity index (χ0v) is 12.5. The summed E-state index contributed by atoms with van der Waals surface area (Å²) in [6.07, 6.45) is 0.900. The smallest absolute Gasteiger partial charge is 0.331 e. The van der Waals surface area contributed by atoms with Gasteiger partial charge in [0, 0.05) is 6.54 Å². The number of hydrogen-bond donors (Lipinski definition) is 1. The van der Waals surface area contributed by atoms with E-state index in [4.69, 9.17) is 4.74 Å². The Labute approximate surface area is 124 Å². The molecule has 1 aliphatic rings. The molecule has 6 nitrogen and oxygen atoms in total. The lowest BCUT2D eigenvalue weighted by molar-refractivity contribution is -0.133. The third kappa shape index (κ3) is 4.46. The van der Waals surface area contributed by atoms with Crippen LogP contribution in [0.2, 0.25) is 0 Å². The maximum Gasteiger partial charge on any atom is 0.331 e. The van der Waals surface area contributed by atoms with Gasteiger partial charge in [0.25, 0.3) is 0 Å². The first kappa shape index (κ1) is 15.3. The lowest BCUT2D eigenvalue weighted by Gasteiger charge is -2.29. The van der Waals surface area contributed by atoms with Crippen LogP contribution in [0.1, 0.15) is 6.42 Å². The largest absolute Gasteiger partial charge is 0.423 e. The maximum atomic E-state index is 12.0. The number of ether oxygens (including phenoxy) is 1. The number of carbonyl (C=O) groups is 2. The van der Waals surface area contributed by atoms with Crippen LogP contribution in [-0.2, 0) is 9.59 Å². The first-order chi connectivity index (χ1) is 10.1. The summed E-state index contributed by atoms with van der Waals surface area (Å²) in [5.74, 6) is 0.0847. The molecule has 114 valence electrons. The lowest BCUT2D eigenvalue weighted by Crippen LogP contribution is -2.43. The van der Waals surface area contributed by atoms with Gasteiger partial charge in [0.05, 0.1) is 12.2 Å². The highest BCUT2D eigenvalue weighted by atomic mass is 16.5. The Hall–Kier alpha value is -2.08. The van der Waals surface area contributed by atoms with Crippen LogP contribution in [0.25, 0.3) is 0 Å². The summed E-state index contributed by atoms with van der Waals surface area (Å²) in [5.41, 5.74) is 0.778. The maximum absolute atomic E-state index is 12.0. The van der Waals surface area contributed by atoms with Crippen molar-refractivity contribution in [3.8, 4) is 5.75 Å². The minimum atomic E-state index is -0.339. The minimum Gasteiger partial charge on any atom is -0.423 e. The molecule has 1 aromatic carbocycles. The van der Waals surface area contributed by atoms with Crippen LogP contribution < -0.4 is 15.0 Å². The Bertz CT molecular complexity index is 517. The Kier molecular flexibility index (Phi) is 5.16. The minimum absolute atomic E-state index is 0.0849. The number of benzene rings is 1. The molecule has 0 aliphatic carbocycles. The van der Waals surface area contributed by atoms with Crippen molar-refractivity contribution in [3.05, 3.63) is 24.3 Å². The van der Waals surface area contributed by atoms with Gasteiger partial charge >= 0.3 is 5.97 Å². The number of nitrogens with zero attached hydrogens (tertiary/aromatic N) is 2. The van der Waals surface area contributed by atoms with Gasteiger partial charge in [0.1, 0.15) is 6.54 Å². The van der Waals surface area contributed by atoms with Crippen molar-refractivity contribution in [2.24, 2.45) is 0 Å². The molecule has 0 fully saturated rings. The first-order valence-corrected chi connectivity index (χ1v) is 7.02. The van der Waals surface area contributed by atoms with Gasteiger partial charge in [0.2, 0.25) is 5.91 Å². The molecule has 1 aromatic rings. The molecule has 0 spiro atoms. The lowest BCUT2D eigenvalue weighted by atomic mass is 10.2. The standard InChI is InChI=1S/C15H21N3O3/c1-17(2)9-5-8-16-14(19)10-18-11-15(20)21-13-7-4-3-6-12(13)18/h3-4,6-7H,5,8-11H2,1-2H3,(H,16,19). The molecule has 1 amide bonds. The van der Waals surface area contributed by atoms with Crippen LogP contribution in [0.4, 0.5) is 5.69 Å². The monoisotopic (exact) mass is 291 g/mol. The number of anilines is 1. The van der Waals surface area contributed by atoms with Gasteiger partial charge < -0.3 is 19.9 Å². The number of esters is 1. The average molecular weight is 291 g/mol. The van der Waals surface area contributed by atoms with E-state index in [0.29, 0.717) is 12.3 Å². The highest BCUT2D eigenvalue weighted by Crippen LogP contribution is 2.30. The second-order valence-corrected chi connectivity index (χ2v) is 5.30. The van der Waals surface area contributed by atoms with E-state index >= 15 is 0 Å². The van der Waals surface area contributed by atoms with Gasteiger partial charge in [-0.15, -0.1) is 0 Å². The van der Waals surface area contributed by atoms with Crippen LogP contribution in [0.15, 0.2) is 24.3 Å². The van der Waals surface area contributed by atoms with Crippen molar-refractivity contribution < 1.29 is 14.3 Å². The summed E-state index contributed by atoms with van der Waals surface area (Å²) >= 11 is 0. The fourth-order valence-corrected chi connectivity index (χ4v) is 2.19. The van der Waals surface area contributed by atoms with Gasteiger partial charge in [-0.3, -0.25) is 4.79 Å². The predicted octanol–water partition coefficient (Wildman–Crippen LogP) is 0.480. The number of para-hydroxylation sites is 2. The number of nitrogens with one attached hydrogen (secondary N) is 1. The molecule has 0 saturated carbocycles. The quantitative estimate of drug-likeness (QED) is 0.469. The second kappa shape index (κ2) is 7.08. The molecule has 0 aromatic heterocycles. The number of rotatable bonds is 6. The van der Waals surface area contributed by atoms with Crippen molar-refractivity contribution in [2.45, 2.75) is 6.42 Å². The Balaban J connectivity index is 1.88. The van der Waals surface area contributed by atoms with E-state index in [0.717, 1.165) is 18.7 Å². The zero-order valence-electron chi connectivity index (χ0n) is 12.5. The molecule has 1 heterocycles. The summed E-state index contributed by atoms with van der Waals surface area (Å²) in [4.78, 5) is 27.3. The van der Waals surface area contributed by atoms with Gasteiger partial charge in [-0.2, -0.15) is 0 Å². The van der Waals surface area contributed by atoms with E-state index in [1.165, 1.54) is 0 Å². The highest BCUT2D eigenvalue weighted by molar-refractivity contribution is 5.89. The fourth-order valence-electron chi connectivity index (χ4n) is 2.19. The SMILES string of the molecule is CN(C)CCCNC(=O)CN1CC(=O)Oc2ccccc21. The summed E-state index contributed by atoms with van der Waals surface area (Å²) in [5, 5.41) is 2.87. The van der Waals surface area contributed by atoms with Crippen LogP contribution in [0, 0.1) is 0 Å². The van der Waals surface area contributed by atoms with Crippen molar-refractivity contribution >= 4 is 17.6 Å². The van der Waals surface area contributed by atoms with Gasteiger partial charge in [-0.1, -0.05) is 12.1 Å². The molecule has 1 N–H and O–H groups in total. The van der Waals surface area contributed by atoms with E-state index in [-0.39, 0.29) is 25.0 Å². The number of fused-ring (bicyclic) bond motifs is 1. The van der Waals surface area contributed by atoms with Gasteiger partial charge in [-0.05, 0) is 39.2 Å². The molecule has 2 rings (SSSR count). The molecule has 1 aliphatic heterocycles. The van der Waals surface area contributed by atoms with E-state index < -0.39 is 0 Å². The van der Waals surface area contributed by atoms with Crippen molar-refractivity contribution in [1.29, 1.82) is 0 Å². The van der Waals surface area contributed by atoms with Crippen LogP contribution in [0.5, 0.6) is 5.75 Å². The highest BCUT2D eigenvalue weighted by Gasteiger charge is 2.24. The molecule has 6 heteroatoms. The first-order valence-electron chi connectivity index (χ1n) is 7.02. The number of carbonyl (C=O) groups excluding carboxylic acids is 2. The van der Waals surface area contributed by atoms with Gasteiger partial charge in [0.15, 0.2) is 5.75 Å². The normalized spacial score (nSPS) is 13.9. The topological polar surface area (TPSA) is 61.9 Å². The van der Waals surface area contributed by atoms with Crippen molar-refractivity contribution in [3.63, 3.8) is 0 Å². The molecular weight excluding hydrogens is 270 g/mol. The zero-order chi connectivity index (χ0) is 15.2. The average Bonchev–Trinajstić information content (AvgIpc) is 2.43. The van der Waals surface area contributed by atoms with Crippen molar-refractivity contribution in [1.82, 2.24) is 10.2 Å². The number of hydrogen-bond acceptors (Lipinski definition) is 5. The molecule has 0 bridgehead atoms. The second-order valence-electron chi connectivity index (χ2n) is 5.30. The fraction of sp³-hybridized carbons (Fsp3) is 0.467. The molecular formula is C15H21N3O3. The summed E-state index contributed by atoms with van der Waals surface area (Å²) in [7, 11) is 4.00. The van der Waals surface area contributed by atoms with E-state index in [2.05, 4.69) is 10.2 Å². The van der Waals surface area contributed by atoms with Crippen LogP contribution in [0.3, 0.4) is 0 Å². The van der Waals surface area contributed by atoms with Crippen molar-refractivity contribution in [2.75, 3.05) is 45.2 Å². The molecule has 0 atom stereocenters. The summed E-state index contributed by atoms with van der Waals surface area (Å²) in [6, 6.07) is 7.24. The summed E-state index contributed by atoms with van der Waals surface area (Å²) < 4.78 is 5.15. The van der Waals surface area contributed by atoms with E-state index in [1.54, 1.807) is 17.0 Å². The molecule has 0 radical (unpaired) electrons.